The van der Waals surface area contributed by atoms with Gasteiger partial charge in [0, 0.05) is 17.1 Å². The fourth-order valence-corrected chi connectivity index (χ4v) is 4.31. The van der Waals surface area contributed by atoms with Crippen LogP contribution in [0.3, 0.4) is 0 Å². The van der Waals surface area contributed by atoms with Gasteiger partial charge in [-0.25, -0.2) is 4.98 Å². The van der Waals surface area contributed by atoms with Gasteiger partial charge in [0.25, 0.3) is 5.91 Å². The molecular formula is C25H27N3O4S. The van der Waals surface area contributed by atoms with Crippen molar-refractivity contribution >= 4 is 28.9 Å². The van der Waals surface area contributed by atoms with Crippen LogP contribution in [0.25, 0.3) is 22.0 Å². The Bertz CT molecular complexity index is 1130. The van der Waals surface area contributed by atoms with Gasteiger partial charge in [-0.15, -0.1) is 11.3 Å². The molecule has 3 aromatic rings. The Balaban J connectivity index is 1.60. The Morgan fingerprint density at radius 2 is 2.09 bits per heavy atom. The Labute approximate surface area is 197 Å². The molecule has 0 spiro atoms. The molecule has 1 atom stereocenters. The van der Waals surface area contributed by atoms with Gasteiger partial charge in [-0.2, -0.15) is 0 Å². The van der Waals surface area contributed by atoms with Crippen LogP contribution in [0, 0.1) is 5.92 Å². The largest absolute Gasteiger partial charge is 0.478 e. The molecule has 4 rings (SSSR count). The third kappa shape index (κ3) is 5.22. The number of carbonyl (C=O) groups excluding carboxylic acids is 2. The van der Waals surface area contributed by atoms with E-state index in [4.69, 9.17) is 14.5 Å². The number of nitrogens with zero attached hydrogens (tertiary/aromatic N) is 3. The zero-order chi connectivity index (χ0) is 23.4. The van der Waals surface area contributed by atoms with Gasteiger partial charge < -0.3 is 9.47 Å². The molecule has 0 bridgehead atoms. The number of anilines is 1. The minimum atomic E-state index is -0.623. The molecule has 1 amide bonds. The molecule has 0 saturated carbocycles. The first-order valence-electron chi connectivity index (χ1n) is 11.1. The number of amides is 1. The average molecular weight is 466 g/mol. The summed E-state index contributed by atoms with van der Waals surface area (Å²) in [4.78, 5) is 36.1. The number of carbonyl (C=O) groups is 2. The zero-order valence-corrected chi connectivity index (χ0v) is 19.8. The van der Waals surface area contributed by atoms with E-state index in [0.29, 0.717) is 30.4 Å². The number of thiazole rings is 1. The molecule has 2 aromatic heterocycles. The second kappa shape index (κ2) is 10.1. The third-order valence-corrected chi connectivity index (χ3v) is 6.23. The SMILES string of the molecule is CCC1Oc2ccc(-c3csc(-c4ccccn4)n3)cc2N(CC(=O)OCCC(C)C)C1=O. The average Bonchev–Trinajstić information content (AvgIpc) is 3.31. The molecule has 0 aliphatic carbocycles. The van der Waals surface area contributed by atoms with E-state index in [1.165, 1.54) is 16.2 Å². The molecule has 3 heterocycles. The lowest BCUT2D eigenvalue weighted by atomic mass is 10.1. The maximum absolute atomic E-state index is 13.0. The smallest absolute Gasteiger partial charge is 0.326 e. The summed E-state index contributed by atoms with van der Waals surface area (Å²) in [5, 5.41) is 2.77. The summed E-state index contributed by atoms with van der Waals surface area (Å²) in [6, 6.07) is 11.3. The van der Waals surface area contributed by atoms with Crippen molar-refractivity contribution in [1.82, 2.24) is 9.97 Å². The minimum absolute atomic E-state index is 0.149. The predicted molar refractivity (Wildman–Crippen MR) is 128 cm³/mol. The first kappa shape index (κ1) is 22.9. The molecule has 0 N–H and O–H groups in total. The number of benzene rings is 1. The van der Waals surface area contributed by atoms with Crippen LogP contribution in [-0.2, 0) is 14.3 Å². The van der Waals surface area contributed by atoms with Crippen molar-refractivity contribution in [3.05, 3.63) is 48.0 Å². The third-order valence-electron chi connectivity index (χ3n) is 5.36. The number of hydrogen-bond acceptors (Lipinski definition) is 7. The summed E-state index contributed by atoms with van der Waals surface area (Å²) in [6.45, 7) is 6.22. The van der Waals surface area contributed by atoms with Crippen molar-refractivity contribution < 1.29 is 19.1 Å². The number of hydrogen-bond donors (Lipinski definition) is 0. The molecule has 0 saturated heterocycles. The molecule has 8 heteroatoms. The van der Waals surface area contributed by atoms with Crippen molar-refractivity contribution in [2.75, 3.05) is 18.1 Å². The summed E-state index contributed by atoms with van der Waals surface area (Å²) in [5.41, 5.74) is 2.96. The first-order valence-corrected chi connectivity index (χ1v) is 12.0. The Kier molecular flexibility index (Phi) is 7.03. The van der Waals surface area contributed by atoms with Gasteiger partial charge >= 0.3 is 5.97 Å². The molecule has 7 nitrogen and oxygen atoms in total. The van der Waals surface area contributed by atoms with Gasteiger partial charge in [0.15, 0.2) is 6.10 Å². The molecule has 33 heavy (non-hydrogen) atoms. The summed E-state index contributed by atoms with van der Waals surface area (Å²) < 4.78 is 11.3. The normalized spacial score (nSPS) is 15.3. The van der Waals surface area contributed by atoms with Crippen LogP contribution in [0.15, 0.2) is 48.0 Å². The van der Waals surface area contributed by atoms with Crippen molar-refractivity contribution in [2.45, 2.75) is 39.7 Å². The van der Waals surface area contributed by atoms with Crippen LogP contribution in [0.1, 0.15) is 33.6 Å². The number of aromatic nitrogens is 2. The van der Waals surface area contributed by atoms with Crippen LogP contribution in [0.2, 0.25) is 0 Å². The van der Waals surface area contributed by atoms with Crippen LogP contribution in [0.5, 0.6) is 5.75 Å². The topological polar surface area (TPSA) is 81.6 Å². The Morgan fingerprint density at radius 1 is 1.24 bits per heavy atom. The minimum Gasteiger partial charge on any atom is -0.478 e. The molecule has 172 valence electrons. The van der Waals surface area contributed by atoms with E-state index in [1.807, 2.05) is 48.7 Å². The van der Waals surface area contributed by atoms with E-state index in [1.54, 1.807) is 6.20 Å². The quantitative estimate of drug-likeness (QED) is 0.437. The van der Waals surface area contributed by atoms with E-state index >= 15 is 0 Å². The lowest BCUT2D eigenvalue weighted by molar-refractivity contribution is -0.143. The monoisotopic (exact) mass is 465 g/mol. The number of rotatable bonds is 8. The van der Waals surface area contributed by atoms with Crippen molar-refractivity contribution in [2.24, 2.45) is 5.92 Å². The Hall–Kier alpha value is -3.26. The number of esters is 1. The predicted octanol–water partition coefficient (Wildman–Crippen LogP) is 4.97. The van der Waals surface area contributed by atoms with Crippen molar-refractivity contribution in [3.63, 3.8) is 0 Å². The van der Waals surface area contributed by atoms with Gasteiger partial charge in [0.05, 0.1) is 23.7 Å². The lowest BCUT2D eigenvalue weighted by Crippen LogP contribution is -2.48. The van der Waals surface area contributed by atoms with Crippen LogP contribution < -0.4 is 9.64 Å². The second-order valence-electron chi connectivity index (χ2n) is 8.28. The summed E-state index contributed by atoms with van der Waals surface area (Å²) >= 11 is 1.50. The number of pyridine rings is 1. The second-order valence-corrected chi connectivity index (χ2v) is 9.14. The molecule has 0 radical (unpaired) electrons. The van der Waals surface area contributed by atoms with Crippen LogP contribution in [0.4, 0.5) is 5.69 Å². The first-order chi connectivity index (χ1) is 16.0. The lowest BCUT2D eigenvalue weighted by Gasteiger charge is -2.33. The summed E-state index contributed by atoms with van der Waals surface area (Å²) in [7, 11) is 0. The van der Waals surface area contributed by atoms with Crippen LogP contribution in [-0.4, -0.2) is 41.1 Å². The van der Waals surface area contributed by atoms with Crippen LogP contribution >= 0.6 is 11.3 Å². The van der Waals surface area contributed by atoms with Gasteiger partial charge in [-0.05, 0) is 49.1 Å². The Morgan fingerprint density at radius 3 is 2.82 bits per heavy atom. The zero-order valence-electron chi connectivity index (χ0n) is 19.0. The maximum Gasteiger partial charge on any atom is 0.326 e. The summed E-state index contributed by atoms with van der Waals surface area (Å²) in [6.07, 6.45) is 2.41. The highest BCUT2D eigenvalue weighted by atomic mass is 32.1. The number of ether oxygens (including phenoxy) is 2. The number of fused-ring (bicyclic) bond motifs is 1. The van der Waals surface area contributed by atoms with E-state index in [9.17, 15) is 9.59 Å². The van der Waals surface area contributed by atoms with Gasteiger partial charge in [0.2, 0.25) is 0 Å². The van der Waals surface area contributed by atoms with Gasteiger partial charge in [-0.1, -0.05) is 26.8 Å². The highest BCUT2D eigenvalue weighted by Crippen LogP contribution is 2.39. The molecule has 1 unspecified atom stereocenters. The maximum atomic E-state index is 13.0. The molecule has 1 aliphatic rings. The van der Waals surface area contributed by atoms with Gasteiger partial charge in [0.1, 0.15) is 17.3 Å². The van der Waals surface area contributed by atoms with Crippen molar-refractivity contribution in [1.29, 1.82) is 0 Å². The molecule has 1 aliphatic heterocycles. The standard InChI is InChI=1S/C25H27N3O4S/c1-4-21-25(30)28(14-23(29)31-12-10-16(2)3)20-13-17(8-9-22(20)32-21)19-15-33-24(27-19)18-7-5-6-11-26-18/h5-9,11,13,15-16,21H,4,10,12,14H2,1-3H3. The highest BCUT2D eigenvalue weighted by molar-refractivity contribution is 7.13. The van der Waals surface area contributed by atoms with E-state index in [2.05, 4.69) is 18.8 Å². The summed E-state index contributed by atoms with van der Waals surface area (Å²) in [5.74, 6) is 0.337. The van der Waals surface area contributed by atoms with E-state index < -0.39 is 12.1 Å². The van der Waals surface area contributed by atoms with Gasteiger partial charge in [-0.3, -0.25) is 19.5 Å². The molecule has 1 aromatic carbocycles. The van der Waals surface area contributed by atoms with E-state index in [0.717, 1.165) is 28.4 Å². The van der Waals surface area contributed by atoms with Crippen molar-refractivity contribution in [3.8, 4) is 27.7 Å². The fourth-order valence-electron chi connectivity index (χ4n) is 3.50. The molecular weight excluding hydrogens is 438 g/mol. The highest BCUT2D eigenvalue weighted by Gasteiger charge is 2.35. The fraction of sp³-hybridized carbons (Fsp3) is 0.360. The molecule has 0 fully saturated rings. The van der Waals surface area contributed by atoms with E-state index in [-0.39, 0.29) is 12.5 Å².